The Morgan fingerprint density at radius 2 is 2.19 bits per heavy atom. The smallest absolute Gasteiger partial charge is 0.239 e. The monoisotopic (exact) mass is 290 g/mol. The van der Waals surface area contributed by atoms with Crippen molar-refractivity contribution >= 4 is 5.91 Å². The number of hydrogen-bond acceptors (Lipinski definition) is 4. The average Bonchev–Trinajstić information content (AvgIpc) is 3.06. The first-order valence-electron chi connectivity index (χ1n) is 7.53. The molecule has 1 amide bonds. The maximum atomic E-state index is 11.9. The van der Waals surface area contributed by atoms with Crippen LogP contribution in [0.3, 0.4) is 0 Å². The molecular weight excluding hydrogens is 268 g/mol. The Hall–Kier alpha value is -1.75. The summed E-state index contributed by atoms with van der Waals surface area (Å²) in [5.41, 5.74) is 1.24. The van der Waals surface area contributed by atoms with E-state index in [0.29, 0.717) is 12.8 Å². The van der Waals surface area contributed by atoms with Crippen LogP contribution in [0.1, 0.15) is 25.3 Å². The molecule has 3 rings (SSSR count). The number of ether oxygens (including phenoxy) is 2. The van der Waals surface area contributed by atoms with Gasteiger partial charge in [0.05, 0.1) is 6.04 Å². The Bertz CT molecular complexity index is 532. The summed E-state index contributed by atoms with van der Waals surface area (Å²) in [4.78, 5) is 13.7. The van der Waals surface area contributed by atoms with Gasteiger partial charge < -0.3 is 19.7 Å². The molecule has 5 heteroatoms. The van der Waals surface area contributed by atoms with Crippen LogP contribution in [0.5, 0.6) is 11.5 Å². The zero-order valence-electron chi connectivity index (χ0n) is 12.6. The number of carbonyl (C=O) groups is 1. The number of likely N-dealkylation sites (N-methyl/N-ethyl adjacent to an activating group) is 1. The lowest BCUT2D eigenvalue weighted by atomic mass is 10.0. The Morgan fingerprint density at radius 3 is 2.95 bits per heavy atom. The third-order valence-corrected chi connectivity index (χ3v) is 4.22. The molecule has 1 aromatic rings. The van der Waals surface area contributed by atoms with Crippen molar-refractivity contribution in [3.63, 3.8) is 0 Å². The van der Waals surface area contributed by atoms with E-state index in [4.69, 9.17) is 9.47 Å². The molecule has 114 valence electrons. The topological polar surface area (TPSA) is 50.8 Å². The Morgan fingerprint density at radius 1 is 1.38 bits per heavy atom. The maximum absolute atomic E-state index is 11.9. The van der Waals surface area contributed by atoms with Crippen LogP contribution in [-0.4, -0.2) is 43.3 Å². The number of aryl methyl sites for hydroxylation is 1. The number of amides is 1. The van der Waals surface area contributed by atoms with Crippen LogP contribution in [0.25, 0.3) is 0 Å². The van der Waals surface area contributed by atoms with Gasteiger partial charge in [0, 0.05) is 19.6 Å². The molecule has 0 bridgehead atoms. The first-order valence-corrected chi connectivity index (χ1v) is 7.53. The lowest BCUT2D eigenvalue weighted by Crippen LogP contribution is -2.41. The third-order valence-electron chi connectivity index (χ3n) is 4.22. The molecule has 0 spiro atoms. The normalized spacial score (nSPS) is 21.9. The van der Waals surface area contributed by atoms with Crippen LogP contribution in [0.2, 0.25) is 0 Å². The van der Waals surface area contributed by atoms with Gasteiger partial charge in [-0.25, -0.2) is 0 Å². The summed E-state index contributed by atoms with van der Waals surface area (Å²) >= 11 is 0. The predicted octanol–water partition coefficient (Wildman–Crippen LogP) is 1.56. The number of hydrogen-bond donors (Lipinski definition) is 1. The number of nitrogens with zero attached hydrogens (tertiary/aromatic N) is 1. The molecule has 1 fully saturated rings. The zero-order valence-corrected chi connectivity index (χ0v) is 12.6. The molecule has 1 N–H and O–H groups in total. The maximum Gasteiger partial charge on any atom is 0.239 e. The van der Waals surface area contributed by atoms with Gasteiger partial charge in [-0.2, -0.15) is 0 Å². The molecule has 0 aliphatic carbocycles. The van der Waals surface area contributed by atoms with Crippen molar-refractivity contribution in [3.8, 4) is 11.5 Å². The zero-order chi connectivity index (χ0) is 14.8. The van der Waals surface area contributed by atoms with E-state index in [1.165, 1.54) is 5.56 Å². The molecule has 2 aliphatic rings. The summed E-state index contributed by atoms with van der Waals surface area (Å²) < 4.78 is 10.7. The van der Waals surface area contributed by atoms with E-state index in [1.54, 1.807) is 4.90 Å². The van der Waals surface area contributed by atoms with Gasteiger partial charge in [0.15, 0.2) is 11.5 Å². The highest BCUT2D eigenvalue weighted by Gasteiger charge is 2.29. The van der Waals surface area contributed by atoms with Gasteiger partial charge in [-0.15, -0.1) is 0 Å². The second-order valence-electron chi connectivity index (χ2n) is 5.90. The third kappa shape index (κ3) is 3.13. The summed E-state index contributed by atoms with van der Waals surface area (Å²) in [6, 6.07) is 6.39. The van der Waals surface area contributed by atoms with Crippen LogP contribution in [0.4, 0.5) is 0 Å². The number of fused-ring (bicyclic) bond motifs is 1. The average molecular weight is 290 g/mol. The standard InChI is InChI=1S/C16H22N2O3/c1-11(17-13-7-8-18(2)16(13)19)3-4-12-5-6-14-15(9-12)21-10-20-14/h5-6,9,11,13,17H,3-4,7-8,10H2,1-2H3. The van der Waals surface area contributed by atoms with Gasteiger partial charge in [-0.05, 0) is 43.9 Å². The van der Waals surface area contributed by atoms with Crippen molar-refractivity contribution < 1.29 is 14.3 Å². The summed E-state index contributed by atoms with van der Waals surface area (Å²) in [5.74, 6) is 1.87. The number of likely N-dealkylation sites (tertiary alicyclic amines) is 1. The van der Waals surface area contributed by atoms with Crippen LogP contribution in [0, 0.1) is 0 Å². The van der Waals surface area contributed by atoms with E-state index in [9.17, 15) is 4.79 Å². The molecule has 2 aliphatic heterocycles. The Balaban J connectivity index is 1.49. The molecule has 0 radical (unpaired) electrons. The largest absolute Gasteiger partial charge is 0.454 e. The van der Waals surface area contributed by atoms with Crippen LogP contribution in [0.15, 0.2) is 18.2 Å². The summed E-state index contributed by atoms with van der Waals surface area (Å²) in [6.07, 6.45) is 2.86. The number of rotatable bonds is 5. The van der Waals surface area contributed by atoms with Gasteiger partial charge in [0.1, 0.15) is 0 Å². The molecule has 1 saturated heterocycles. The van der Waals surface area contributed by atoms with Gasteiger partial charge in [-0.3, -0.25) is 4.79 Å². The minimum Gasteiger partial charge on any atom is -0.454 e. The fourth-order valence-electron chi connectivity index (χ4n) is 2.88. The van der Waals surface area contributed by atoms with Crippen molar-refractivity contribution in [2.45, 2.75) is 38.3 Å². The van der Waals surface area contributed by atoms with Gasteiger partial charge in [-0.1, -0.05) is 6.07 Å². The fraction of sp³-hybridized carbons (Fsp3) is 0.562. The Kier molecular flexibility index (Phi) is 4.01. The van der Waals surface area contributed by atoms with E-state index in [1.807, 2.05) is 19.2 Å². The Labute approximate surface area is 125 Å². The van der Waals surface area contributed by atoms with E-state index >= 15 is 0 Å². The van der Waals surface area contributed by atoms with Crippen molar-refractivity contribution in [1.82, 2.24) is 10.2 Å². The highest BCUT2D eigenvalue weighted by molar-refractivity contribution is 5.83. The van der Waals surface area contributed by atoms with Gasteiger partial charge >= 0.3 is 0 Å². The van der Waals surface area contributed by atoms with E-state index in [0.717, 1.165) is 37.3 Å². The fourth-order valence-corrected chi connectivity index (χ4v) is 2.88. The first kappa shape index (κ1) is 14.2. The van der Waals surface area contributed by atoms with E-state index in [-0.39, 0.29) is 11.9 Å². The lowest BCUT2D eigenvalue weighted by molar-refractivity contribution is -0.128. The second kappa shape index (κ2) is 5.93. The minimum atomic E-state index is -0.0123. The van der Waals surface area contributed by atoms with Crippen molar-refractivity contribution in [1.29, 1.82) is 0 Å². The molecule has 2 unspecified atom stereocenters. The first-order chi connectivity index (χ1) is 10.1. The van der Waals surface area contributed by atoms with E-state index < -0.39 is 0 Å². The highest BCUT2D eigenvalue weighted by Crippen LogP contribution is 2.32. The number of carbonyl (C=O) groups excluding carboxylic acids is 1. The molecule has 2 heterocycles. The highest BCUT2D eigenvalue weighted by atomic mass is 16.7. The van der Waals surface area contributed by atoms with E-state index in [2.05, 4.69) is 18.3 Å². The molecule has 2 atom stereocenters. The molecule has 0 aromatic heterocycles. The van der Waals surface area contributed by atoms with Crippen molar-refractivity contribution in [2.24, 2.45) is 0 Å². The summed E-state index contributed by atoms with van der Waals surface area (Å²) in [5, 5.41) is 3.43. The van der Waals surface area contributed by atoms with Crippen molar-refractivity contribution in [3.05, 3.63) is 23.8 Å². The minimum absolute atomic E-state index is 0.0123. The molecule has 0 saturated carbocycles. The quantitative estimate of drug-likeness (QED) is 0.894. The number of benzene rings is 1. The molecule has 1 aromatic carbocycles. The lowest BCUT2D eigenvalue weighted by Gasteiger charge is -2.18. The summed E-state index contributed by atoms with van der Waals surface area (Å²) in [7, 11) is 1.86. The van der Waals surface area contributed by atoms with Gasteiger partial charge in [0.2, 0.25) is 12.7 Å². The van der Waals surface area contributed by atoms with Gasteiger partial charge in [0.25, 0.3) is 0 Å². The van der Waals surface area contributed by atoms with Crippen LogP contribution >= 0.6 is 0 Å². The van der Waals surface area contributed by atoms with Crippen molar-refractivity contribution in [2.75, 3.05) is 20.4 Å². The predicted molar refractivity (Wildman–Crippen MR) is 79.5 cm³/mol. The number of nitrogens with one attached hydrogen (secondary N) is 1. The molecule has 5 nitrogen and oxygen atoms in total. The van der Waals surface area contributed by atoms with Crippen LogP contribution in [-0.2, 0) is 11.2 Å². The SMILES string of the molecule is CC(CCc1ccc2c(c1)OCO2)NC1CCN(C)C1=O. The second-order valence-corrected chi connectivity index (χ2v) is 5.90. The molecular formula is C16H22N2O3. The molecule has 21 heavy (non-hydrogen) atoms. The van der Waals surface area contributed by atoms with Crippen LogP contribution < -0.4 is 14.8 Å². The summed E-state index contributed by atoms with van der Waals surface area (Å²) in [6.45, 7) is 3.30.